The number of rotatable bonds is 9. The number of carbonyl (C=O) groups excluding carboxylic acids is 3. The van der Waals surface area contributed by atoms with Crippen molar-refractivity contribution in [3.63, 3.8) is 0 Å². The van der Waals surface area contributed by atoms with Gasteiger partial charge in [-0.1, -0.05) is 24.3 Å². The van der Waals surface area contributed by atoms with Crippen molar-refractivity contribution in [2.75, 3.05) is 52.4 Å². The molecule has 4 aliphatic rings. The van der Waals surface area contributed by atoms with Gasteiger partial charge in [0.05, 0.1) is 24.8 Å². The highest BCUT2D eigenvalue weighted by Gasteiger charge is 2.42. The lowest BCUT2D eigenvalue weighted by atomic mass is 9.78. The molecular weight excluding hydrogens is 889 g/mol. The molecule has 0 atom stereocenters. The average molecular weight is 941 g/mol. The Morgan fingerprint density at radius 2 is 1.13 bits per heavy atom. The van der Waals surface area contributed by atoms with E-state index >= 15 is 0 Å². The zero-order chi connectivity index (χ0) is 48.2. The third-order valence-electron chi connectivity index (χ3n) is 12.9. The van der Waals surface area contributed by atoms with Gasteiger partial charge in [0.2, 0.25) is 0 Å². The van der Waals surface area contributed by atoms with Crippen LogP contribution in [0.25, 0.3) is 0 Å². The van der Waals surface area contributed by atoms with E-state index in [0.717, 1.165) is 86.2 Å². The zero-order valence-electron chi connectivity index (χ0n) is 37.7. The fraction of sp³-hybridized carbons (Fsp3) is 0.354. The smallest absolute Gasteiger partial charge is 0.356 e. The standard InChI is InChI=1S/C24H26N6O4.C13H18N4O3.C11H8N2O2/c31-22(32)21-4-8-30(27-21)23(33)29-10-6-24(7-11-29)5-9-28(16-24)15-18-2-1-3-19(12-18)34-20-13-25-17-26-14-20;18-11(19)10-1-6-17(15-10)12(20)16-7-3-13(4-8-16)2-5-14-9-13;14-7-9-2-1-3-10(4-9)15-11-5-12-8-13-6-11/h1-4,8,12-14,17H,5-7,9-11,15-16H2,(H,31,32);1,6,14H,2-5,7-9H2,(H,18,19);1-8H. The molecule has 358 valence electrons. The maximum Gasteiger partial charge on any atom is 0.356 e. The van der Waals surface area contributed by atoms with Crippen LogP contribution in [0, 0.1) is 10.8 Å². The molecule has 0 radical (unpaired) electrons. The van der Waals surface area contributed by atoms with Crippen LogP contribution in [0.1, 0.15) is 75.4 Å². The molecule has 0 bridgehead atoms. The summed E-state index contributed by atoms with van der Waals surface area (Å²) < 4.78 is 13.5. The Kier molecular flexibility index (Phi) is 15.0. The van der Waals surface area contributed by atoms with E-state index in [1.165, 1.54) is 49.2 Å². The third kappa shape index (κ3) is 12.4. The molecule has 6 aromatic rings. The lowest BCUT2D eigenvalue weighted by Gasteiger charge is -2.39. The van der Waals surface area contributed by atoms with Gasteiger partial charge < -0.3 is 34.8 Å². The van der Waals surface area contributed by atoms with E-state index in [4.69, 9.17) is 19.7 Å². The van der Waals surface area contributed by atoms with E-state index in [0.29, 0.717) is 54.4 Å². The number of hydrogen-bond donors (Lipinski definition) is 3. The number of carboxylic acid groups (broad SMARTS) is 2. The first-order chi connectivity index (χ1) is 33.5. The number of piperidine rings is 2. The first-order valence-corrected chi connectivity index (χ1v) is 22.6. The molecule has 3 N–H and O–H groups in total. The highest BCUT2D eigenvalue weighted by atomic mass is 16.5. The predicted molar refractivity (Wildman–Crippen MR) is 246 cm³/mol. The molecule has 8 heterocycles. The average Bonchev–Trinajstić information content (AvgIpc) is 4.22. The van der Waals surface area contributed by atoms with Crippen LogP contribution in [0.3, 0.4) is 0 Å². The van der Waals surface area contributed by atoms with Gasteiger partial charge in [0.1, 0.15) is 30.4 Å². The van der Waals surface area contributed by atoms with Gasteiger partial charge in [-0.3, -0.25) is 9.69 Å². The molecule has 4 aliphatic heterocycles. The SMILES string of the molecule is O=C(O)c1ccn(C(=O)N2CCC3(CCN(Cc4cccc(Oc5cncnc5)c4)C3)CC2)n1.O=C(O)c1ccn(C(=O)N2CCC3(CCNC3)CC2)n1.O=Cc1cccc(Oc2cncnc2)c1. The van der Waals surface area contributed by atoms with E-state index in [2.05, 4.69) is 52.5 Å². The largest absolute Gasteiger partial charge is 0.476 e. The van der Waals surface area contributed by atoms with Gasteiger partial charge >= 0.3 is 24.0 Å². The minimum Gasteiger partial charge on any atom is -0.476 e. The number of ether oxygens (including phenoxy) is 2. The first kappa shape index (κ1) is 47.6. The first-order valence-electron chi connectivity index (χ1n) is 22.6. The van der Waals surface area contributed by atoms with Crippen LogP contribution in [0.15, 0.2) is 110 Å². The summed E-state index contributed by atoms with van der Waals surface area (Å²) in [5.74, 6) is 0.246. The van der Waals surface area contributed by atoms with Crippen LogP contribution in [0.5, 0.6) is 23.0 Å². The van der Waals surface area contributed by atoms with E-state index in [1.807, 2.05) is 12.1 Å². The third-order valence-corrected chi connectivity index (χ3v) is 12.9. The fourth-order valence-electron chi connectivity index (χ4n) is 9.08. The van der Waals surface area contributed by atoms with E-state index in [1.54, 1.807) is 58.9 Å². The lowest BCUT2D eigenvalue weighted by molar-refractivity contribution is 0.0678. The van der Waals surface area contributed by atoms with Crippen molar-refractivity contribution in [3.8, 4) is 23.0 Å². The van der Waals surface area contributed by atoms with E-state index in [-0.39, 0.29) is 28.9 Å². The molecule has 0 unspecified atom stereocenters. The van der Waals surface area contributed by atoms with Gasteiger partial charge in [-0.2, -0.15) is 19.6 Å². The molecule has 4 aromatic heterocycles. The minimum absolute atomic E-state index is 0.105. The van der Waals surface area contributed by atoms with Crippen molar-refractivity contribution in [2.24, 2.45) is 10.8 Å². The van der Waals surface area contributed by atoms with Crippen LogP contribution in [-0.2, 0) is 6.54 Å². The number of nitrogens with one attached hydrogen (secondary N) is 1. The Bertz CT molecular complexity index is 2710. The zero-order valence-corrected chi connectivity index (χ0v) is 37.7. The molecule has 10 rings (SSSR count). The van der Waals surface area contributed by atoms with Gasteiger partial charge in [0.25, 0.3) is 0 Å². The number of hydrogen-bond acceptors (Lipinski definition) is 15. The van der Waals surface area contributed by atoms with E-state index < -0.39 is 11.9 Å². The molecule has 69 heavy (non-hydrogen) atoms. The number of aldehydes is 1. The molecular formula is C48H52N12O9. The maximum atomic E-state index is 12.7. The number of aromatic carboxylic acids is 2. The summed E-state index contributed by atoms with van der Waals surface area (Å²) in [6.07, 6.45) is 19.0. The number of aromatic nitrogens is 8. The molecule has 2 aromatic carbocycles. The number of amides is 2. The van der Waals surface area contributed by atoms with Crippen LogP contribution in [0.2, 0.25) is 0 Å². The quantitative estimate of drug-likeness (QED) is 0.144. The second kappa shape index (κ2) is 21.8. The van der Waals surface area contributed by atoms with Crippen LogP contribution < -0.4 is 14.8 Å². The van der Waals surface area contributed by atoms with Crippen molar-refractivity contribution in [3.05, 3.63) is 133 Å². The van der Waals surface area contributed by atoms with Crippen LogP contribution in [-0.4, -0.2) is 147 Å². The Morgan fingerprint density at radius 3 is 1.62 bits per heavy atom. The van der Waals surface area contributed by atoms with Crippen molar-refractivity contribution in [1.82, 2.24) is 59.5 Å². The van der Waals surface area contributed by atoms with Crippen molar-refractivity contribution >= 4 is 30.3 Å². The van der Waals surface area contributed by atoms with E-state index in [9.17, 15) is 24.0 Å². The second-order valence-corrected chi connectivity index (χ2v) is 17.5. The summed E-state index contributed by atoms with van der Waals surface area (Å²) in [7, 11) is 0. The second-order valence-electron chi connectivity index (χ2n) is 17.5. The monoisotopic (exact) mass is 940 g/mol. The molecule has 21 heteroatoms. The highest BCUT2D eigenvalue weighted by Crippen LogP contribution is 2.41. The Morgan fingerprint density at radius 1 is 0.623 bits per heavy atom. The van der Waals surface area contributed by atoms with Gasteiger partial charge in [0.15, 0.2) is 22.9 Å². The molecule has 0 aliphatic carbocycles. The predicted octanol–water partition coefficient (Wildman–Crippen LogP) is 5.83. The number of carboxylic acids is 2. The molecule has 0 saturated carbocycles. The summed E-state index contributed by atoms with van der Waals surface area (Å²) in [5, 5.41) is 28.9. The number of benzene rings is 2. The van der Waals surface area contributed by atoms with Crippen LogP contribution >= 0.6 is 0 Å². The molecule has 4 saturated heterocycles. The van der Waals surface area contributed by atoms with Crippen molar-refractivity contribution in [1.29, 1.82) is 0 Å². The molecule has 2 spiro atoms. The number of likely N-dealkylation sites (tertiary alicyclic amines) is 3. The summed E-state index contributed by atoms with van der Waals surface area (Å²) in [6, 6.07) is 17.1. The van der Waals surface area contributed by atoms with Crippen LogP contribution in [0.4, 0.5) is 9.59 Å². The molecule has 21 nitrogen and oxygen atoms in total. The Labute approximate surface area is 396 Å². The summed E-state index contributed by atoms with van der Waals surface area (Å²) >= 11 is 0. The fourth-order valence-corrected chi connectivity index (χ4v) is 9.08. The molecule has 2 amide bonds. The number of nitrogens with zero attached hydrogens (tertiary/aromatic N) is 11. The van der Waals surface area contributed by atoms with Gasteiger partial charge in [0, 0.05) is 63.8 Å². The minimum atomic E-state index is -1.14. The Balaban J connectivity index is 0.000000155. The molecule has 4 fully saturated rings. The normalized spacial score (nSPS) is 17.0. The summed E-state index contributed by atoms with van der Waals surface area (Å²) in [6.45, 7) is 7.69. The number of carbonyl (C=O) groups is 5. The Hall–Kier alpha value is -7.91. The summed E-state index contributed by atoms with van der Waals surface area (Å²) in [5.41, 5.74) is 2.10. The van der Waals surface area contributed by atoms with Gasteiger partial charge in [-0.05, 0) is 104 Å². The highest BCUT2D eigenvalue weighted by molar-refractivity contribution is 5.87. The summed E-state index contributed by atoms with van der Waals surface area (Å²) in [4.78, 5) is 78.9. The maximum absolute atomic E-state index is 12.7. The topological polar surface area (TPSA) is 253 Å². The van der Waals surface area contributed by atoms with Crippen molar-refractivity contribution in [2.45, 2.75) is 45.1 Å². The van der Waals surface area contributed by atoms with Gasteiger partial charge in [-0.25, -0.2) is 39.1 Å². The van der Waals surface area contributed by atoms with Gasteiger partial charge in [-0.15, -0.1) is 0 Å². The van der Waals surface area contributed by atoms with Crippen molar-refractivity contribution < 1.29 is 43.7 Å². The lowest BCUT2D eigenvalue weighted by Crippen LogP contribution is -2.45.